The van der Waals surface area contributed by atoms with Crippen molar-refractivity contribution in [2.24, 2.45) is 0 Å². The third-order valence-electron chi connectivity index (χ3n) is 14.0. The van der Waals surface area contributed by atoms with Gasteiger partial charge in [0.25, 0.3) is 0 Å². The summed E-state index contributed by atoms with van der Waals surface area (Å²) in [5.74, 6) is 1.91. The van der Waals surface area contributed by atoms with Gasteiger partial charge in [-0.2, -0.15) is 0 Å². The van der Waals surface area contributed by atoms with Crippen LogP contribution in [0.15, 0.2) is 224 Å². The standard InChI is InChI=1S/C62H37N3S/c1-2-14-45-39(12-1)13-11-19-46(45)40-26-30-42(31-27-40)60-63-59(41-28-24-38(25-29-41)43-33-35-58-52(36-43)50-18-6-10-23-57(50)66-58)64-61(65-60)44-32-34-56-51(37-44)49-17-5-9-22-55(49)62(56)53-20-7-3-15-47(53)48-16-4-8-21-54(48)62/h1-37H. The van der Waals surface area contributed by atoms with Crippen LogP contribution < -0.4 is 0 Å². The van der Waals surface area contributed by atoms with Crippen molar-refractivity contribution >= 4 is 42.3 Å². The molecule has 0 amide bonds. The van der Waals surface area contributed by atoms with E-state index in [1.165, 1.54) is 86.6 Å². The zero-order valence-electron chi connectivity index (χ0n) is 35.6. The summed E-state index contributed by atoms with van der Waals surface area (Å²) >= 11 is 1.84. The van der Waals surface area contributed by atoms with Gasteiger partial charge in [-0.15, -0.1) is 11.3 Å². The molecule has 0 bridgehead atoms. The van der Waals surface area contributed by atoms with Gasteiger partial charge in [0.1, 0.15) is 0 Å². The lowest BCUT2D eigenvalue weighted by molar-refractivity contribution is 0.794. The Bertz CT molecular complexity index is 3890. The van der Waals surface area contributed by atoms with Crippen LogP contribution in [-0.2, 0) is 5.41 Å². The summed E-state index contributed by atoms with van der Waals surface area (Å²) in [4.78, 5) is 15.8. The van der Waals surface area contributed by atoms with Gasteiger partial charge in [0.15, 0.2) is 17.5 Å². The van der Waals surface area contributed by atoms with E-state index in [9.17, 15) is 0 Å². The summed E-state index contributed by atoms with van der Waals surface area (Å²) < 4.78 is 2.61. The second-order valence-corrected chi connectivity index (χ2v) is 18.5. The van der Waals surface area contributed by atoms with E-state index < -0.39 is 5.41 Å². The Hall–Kier alpha value is -8.31. The van der Waals surface area contributed by atoms with E-state index in [0.717, 1.165) is 27.8 Å². The molecule has 0 saturated carbocycles. The first-order valence-electron chi connectivity index (χ1n) is 22.5. The highest BCUT2D eigenvalue weighted by Crippen LogP contribution is 2.63. The van der Waals surface area contributed by atoms with Crippen molar-refractivity contribution in [2.45, 2.75) is 5.41 Å². The molecule has 2 aromatic heterocycles. The van der Waals surface area contributed by atoms with Crippen LogP contribution in [-0.4, -0.2) is 15.0 Å². The summed E-state index contributed by atoms with van der Waals surface area (Å²) in [7, 11) is 0. The number of rotatable bonds is 5. The van der Waals surface area contributed by atoms with E-state index in [2.05, 4.69) is 224 Å². The molecule has 306 valence electrons. The molecule has 0 N–H and O–H groups in total. The molecule has 0 fully saturated rings. The summed E-state index contributed by atoms with van der Waals surface area (Å²) in [6.07, 6.45) is 0. The molecular weight excluding hydrogens is 819 g/mol. The van der Waals surface area contributed by atoms with Gasteiger partial charge < -0.3 is 0 Å². The molecule has 2 aliphatic rings. The molecule has 3 nitrogen and oxygen atoms in total. The van der Waals surface area contributed by atoms with Crippen molar-refractivity contribution < 1.29 is 0 Å². The van der Waals surface area contributed by atoms with E-state index in [1.807, 2.05) is 11.3 Å². The number of hydrogen-bond donors (Lipinski definition) is 0. The maximum Gasteiger partial charge on any atom is 0.164 e. The molecular formula is C62H37N3S. The maximum atomic E-state index is 5.29. The van der Waals surface area contributed by atoms with Crippen molar-refractivity contribution in [1.82, 2.24) is 15.0 Å². The molecule has 2 heterocycles. The number of aromatic nitrogens is 3. The predicted octanol–water partition coefficient (Wildman–Crippen LogP) is 16.1. The van der Waals surface area contributed by atoms with Gasteiger partial charge in [-0.05, 0) is 102 Å². The van der Waals surface area contributed by atoms with E-state index >= 15 is 0 Å². The van der Waals surface area contributed by atoms with Crippen molar-refractivity contribution in [3.8, 4) is 78.7 Å². The van der Waals surface area contributed by atoms with Crippen LogP contribution in [0.25, 0.3) is 110 Å². The lowest BCUT2D eigenvalue weighted by atomic mass is 9.70. The fourth-order valence-corrected chi connectivity index (χ4v) is 12.1. The van der Waals surface area contributed by atoms with Crippen LogP contribution in [0.1, 0.15) is 22.3 Å². The van der Waals surface area contributed by atoms with E-state index in [4.69, 9.17) is 15.0 Å². The minimum Gasteiger partial charge on any atom is -0.208 e. The number of benzene rings is 10. The van der Waals surface area contributed by atoms with Crippen molar-refractivity contribution in [1.29, 1.82) is 0 Å². The average molecular weight is 856 g/mol. The van der Waals surface area contributed by atoms with Crippen molar-refractivity contribution in [3.05, 3.63) is 247 Å². The van der Waals surface area contributed by atoms with Crippen molar-refractivity contribution in [2.75, 3.05) is 0 Å². The minimum atomic E-state index is -0.415. The lowest BCUT2D eigenvalue weighted by Gasteiger charge is -2.30. The Morgan fingerprint density at radius 2 is 0.727 bits per heavy atom. The maximum absolute atomic E-state index is 5.29. The van der Waals surface area contributed by atoms with Crippen LogP contribution in [0.5, 0.6) is 0 Å². The topological polar surface area (TPSA) is 38.7 Å². The zero-order chi connectivity index (χ0) is 43.3. The summed E-state index contributed by atoms with van der Waals surface area (Å²) in [6, 6.07) is 81.5. The van der Waals surface area contributed by atoms with Crippen LogP contribution in [0.4, 0.5) is 0 Å². The molecule has 0 unspecified atom stereocenters. The first-order valence-corrected chi connectivity index (χ1v) is 23.3. The second kappa shape index (κ2) is 14.3. The predicted molar refractivity (Wildman–Crippen MR) is 274 cm³/mol. The van der Waals surface area contributed by atoms with Crippen molar-refractivity contribution in [3.63, 3.8) is 0 Å². The molecule has 1 spiro atoms. The first-order chi connectivity index (χ1) is 32.7. The number of fused-ring (bicyclic) bond motifs is 14. The average Bonchev–Trinajstić information content (AvgIpc) is 4.02. The molecule has 12 aromatic rings. The second-order valence-electron chi connectivity index (χ2n) is 17.4. The van der Waals surface area contributed by atoms with Gasteiger partial charge in [0, 0.05) is 36.9 Å². The van der Waals surface area contributed by atoms with E-state index in [0.29, 0.717) is 17.5 Å². The molecule has 2 aliphatic carbocycles. The fourth-order valence-electron chi connectivity index (χ4n) is 11.0. The highest BCUT2D eigenvalue weighted by Gasteiger charge is 2.51. The SMILES string of the molecule is c1ccc2c(c1)-c1ccccc1C21c2ccccc2-c2cc(-c3nc(-c4ccc(-c5ccc6sc7ccccc7c6c5)cc4)nc(-c4ccc(-c5cccc6ccccc56)cc4)n3)ccc21. The van der Waals surface area contributed by atoms with Gasteiger partial charge in [0.2, 0.25) is 0 Å². The Morgan fingerprint density at radius 1 is 0.273 bits per heavy atom. The third kappa shape index (κ3) is 5.46. The summed E-state index contributed by atoms with van der Waals surface area (Å²) in [6.45, 7) is 0. The Morgan fingerprint density at radius 3 is 1.41 bits per heavy atom. The molecule has 0 saturated heterocycles. The van der Waals surface area contributed by atoms with Gasteiger partial charge >= 0.3 is 0 Å². The molecule has 0 atom stereocenters. The van der Waals surface area contributed by atoms with E-state index in [1.54, 1.807) is 0 Å². The van der Waals surface area contributed by atoms with Crippen LogP contribution in [0.3, 0.4) is 0 Å². The highest BCUT2D eigenvalue weighted by atomic mass is 32.1. The smallest absolute Gasteiger partial charge is 0.164 e. The number of nitrogens with zero attached hydrogens (tertiary/aromatic N) is 3. The fraction of sp³-hybridized carbons (Fsp3) is 0.0161. The molecule has 66 heavy (non-hydrogen) atoms. The Kier molecular flexibility index (Phi) is 8.07. The molecule has 4 heteroatoms. The molecule has 10 aromatic carbocycles. The highest BCUT2D eigenvalue weighted by molar-refractivity contribution is 7.25. The Labute approximate surface area is 386 Å². The van der Waals surface area contributed by atoms with Crippen LogP contribution in [0, 0.1) is 0 Å². The molecule has 0 radical (unpaired) electrons. The van der Waals surface area contributed by atoms with Gasteiger partial charge in [-0.1, -0.05) is 200 Å². The number of thiophene rings is 1. The van der Waals surface area contributed by atoms with Gasteiger partial charge in [-0.3, -0.25) is 0 Å². The summed E-state index contributed by atoms with van der Waals surface area (Å²) in [5.41, 5.74) is 17.4. The number of hydrogen-bond acceptors (Lipinski definition) is 4. The third-order valence-corrected chi connectivity index (χ3v) is 15.1. The Balaban J connectivity index is 0.911. The first kappa shape index (κ1) is 37.1. The quantitative estimate of drug-likeness (QED) is 0.173. The minimum absolute atomic E-state index is 0.415. The van der Waals surface area contributed by atoms with Gasteiger partial charge in [-0.25, -0.2) is 15.0 Å². The van der Waals surface area contributed by atoms with Gasteiger partial charge in [0.05, 0.1) is 5.41 Å². The monoisotopic (exact) mass is 855 g/mol. The van der Waals surface area contributed by atoms with Crippen LogP contribution >= 0.6 is 11.3 Å². The largest absolute Gasteiger partial charge is 0.208 e. The normalized spacial score (nSPS) is 13.0. The lowest BCUT2D eigenvalue weighted by Crippen LogP contribution is -2.25. The zero-order valence-corrected chi connectivity index (χ0v) is 36.4. The molecule has 14 rings (SSSR count). The van der Waals surface area contributed by atoms with E-state index in [-0.39, 0.29) is 0 Å². The molecule has 0 aliphatic heterocycles. The van der Waals surface area contributed by atoms with Crippen LogP contribution in [0.2, 0.25) is 0 Å². The summed E-state index contributed by atoms with van der Waals surface area (Å²) in [5, 5.41) is 5.05.